The first-order chi connectivity index (χ1) is 10.1. The zero-order valence-electron chi connectivity index (χ0n) is 11.5. The molecule has 4 heteroatoms. The van der Waals surface area contributed by atoms with Crippen LogP contribution in [0.1, 0.15) is 18.1 Å². The van der Waals surface area contributed by atoms with E-state index in [0.29, 0.717) is 12.2 Å². The van der Waals surface area contributed by atoms with Gasteiger partial charge in [0.05, 0.1) is 3.57 Å². The summed E-state index contributed by atoms with van der Waals surface area (Å²) >= 11 is 2.20. The number of ether oxygens (including phenoxy) is 1. The molecule has 0 bridgehead atoms. The Morgan fingerprint density at radius 1 is 1.24 bits per heavy atom. The first kappa shape index (κ1) is 15.6. The second-order valence-corrected chi connectivity index (χ2v) is 5.76. The molecule has 0 saturated heterocycles. The zero-order valence-corrected chi connectivity index (χ0v) is 13.7. The number of rotatable bonds is 5. The van der Waals surface area contributed by atoms with Crippen molar-refractivity contribution < 1.29 is 14.6 Å². The highest BCUT2D eigenvalue weighted by molar-refractivity contribution is 14.1. The molecule has 0 aromatic heterocycles. The van der Waals surface area contributed by atoms with Crippen LogP contribution >= 0.6 is 22.6 Å². The van der Waals surface area contributed by atoms with Gasteiger partial charge in [-0.25, -0.2) is 4.79 Å². The number of hydrogen-bond acceptors (Lipinski definition) is 2. The molecule has 0 amide bonds. The molecule has 1 N–H and O–H groups in total. The van der Waals surface area contributed by atoms with Crippen LogP contribution in [0.4, 0.5) is 0 Å². The molecule has 0 aliphatic carbocycles. The summed E-state index contributed by atoms with van der Waals surface area (Å²) in [7, 11) is 0. The summed E-state index contributed by atoms with van der Waals surface area (Å²) in [5.74, 6) is -0.160. The van der Waals surface area contributed by atoms with Gasteiger partial charge in [-0.3, -0.25) is 0 Å². The fourth-order valence-corrected chi connectivity index (χ4v) is 2.26. The third-order valence-electron chi connectivity index (χ3n) is 2.91. The van der Waals surface area contributed by atoms with Crippen molar-refractivity contribution in [1.29, 1.82) is 0 Å². The van der Waals surface area contributed by atoms with Crippen molar-refractivity contribution >= 4 is 34.6 Å². The van der Waals surface area contributed by atoms with E-state index in [2.05, 4.69) is 22.6 Å². The maximum Gasteiger partial charge on any atom is 0.331 e. The highest BCUT2D eigenvalue weighted by Gasteiger charge is 2.05. The van der Waals surface area contributed by atoms with Crippen LogP contribution < -0.4 is 4.74 Å². The summed E-state index contributed by atoms with van der Waals surface area (Å²) in [5, 5.41) is 8.92. The summed E-state index contributed by atoms with van der Waals surface area (Å²) in [6.07, 6.45) is 1.63. The second kappa shape index (κ2) is 7.26. The predicted molar refractivity (Wildman–Crippen MR) is 91.2 cm³/mol. The average Bonchev–Trinajstić information content (AvgIpc) is 2.48. The van der Waals surface area contributed by atoms with Gasteiger partial charge < -0.3 is 9.84 Å². The Hall–Kier alpha value is -1.82. The smallest absolute Gasteiger partial charge is 0.331 e. The van der Waals surface area contributed by atoms with Gasteiger partial charge in [0.1, 0.15) is 12.4 Å². The summed E-state index contributed by atoms with van der Waals surface area (Å²) in [4.78, 5) is 10.9. The summed E-state index contributed by atoms with van der Waals surface area (Å²) < 4.78 is 6.82. The fourth-order valence-electron chi connectivity index (χ4n) is 1.77. The highest BCUT2D eigenvalue weighted by atomic mass is 127. The van der Waals surface area contributed by atoms with E-state index in [1.54, 1.807) is 13.0 Å². The molecule has 0 atom stereocenters. The molecule has 21 heavy (non-hydrogen) atoms. The lowest BCUT2D eigenvalue weighted by Crippen LogP contribution is -1.98. The van der Waals surface area contributed by atoms with Gasteiger partial charge in [-0.05, 0) is 58.9 Å². The SMILES string of the molecule is CC(=Cc1ccc(I)c(OCc2ccccc2)c1)C(=O)O. The van der Waals surface area contributed by atoms with Crippen LogP contribution in [0.2, 0.25) is 0 Å². The summed E-state index contributed by atoms with van der Waals surface area (Å²) in [6.45, 7) is 2.06. The number of carboxylic acids is 1. The van der Waals surface area contributed by atoms with Crippen LogP contribution in [-0.4, -0.2) is 11.1 Å². The molecule has 3 nitrogen and oxygen atoms in total. The van der Waals surface area contributed by atoms with Crippen LogP contribution in [0.3, 0.4) is 0 Å². The van der Waals surface area contributed by atoms with E-state index in [-0.39, 0.29) is 0 Å². The van der Waals surface area contributed by atoms with Crippen LogP contribution in [-0.2, 0) is 11.4 Å². The third-order valence-corrected chi connectivity index (χ3v) is 3.80. The van der Waals surface area contributed by atoms with Gasteiger partial charge >= 0.3 is 5.97 Å². The van der Waals surface area contributed by atoms with E-state index in [9.17, 15) is 4.79 Å². The minimum absolute atomic E-state index is 0.296. The largest absolute Gasteiger partial charge is 0.488 e. The molecule has 0 radical (unpaired) electrons. The predicted octanol–water partition coefficient (Wildman–Crippen LogP) is 4.36. The number of benzene rings is 2. The number of carboxylic acid groups (broad SMARTS) is 1. The van der Waals surface area contributed by atoms with E-state index >= 15 is 0 Å². The van der Waals surface area contributed by atoms with E-state index in [4.69, 9.17) is 9.84 Å². The molecule has 2 aromatic rings. The Kier molecular flexibility index (Phi) is 5.38. The number of halogens is 1. The third kappa shape index (κ3) is 4.60. The van der Waals surface area contributed by atoms with Crippen molar-refractivity contribution in [2.75, 3.05) is 0 Å². The maximum atomic E-state index is 10.9. The first-order valence-corrected chi connectivity index (χ1v) is 7.52. The maximum absolute atomic E-state index is 10.9. The molecule has 108 valence electrons. The lowest BCUT2D eigenvalue weighted by molar-refractivity contribution is -0.132. The van der Waals surface area contributed by atoms with Crippen molar-refractivity contribution in [1.82, 2.24) is 0 Å². The van der Waals surface area contributed by atoms with Gasteiger partial charge in [-0.2, -0.15) is 0 Å². The summed E-state index contributed by atoms with van der Waals surface area (Å²) in [5.41, 5.74) is 2.21. The van der Waals surface area contributed by atoms with E-state index in [1.807, 2.05) is 48.5 Å². The van der Waals surface area contributed by atoms with Gasteiger partial charge in [-0.15, -0.1) is 0 Å². The van der Waals surface area contributed by atoms with Crippen LogP contribution in [0, 0.1) is 3.57 Å². The zero-order chi connectivity index (χ0) is 15.2. The molecular weight excluding hydrogens is 379 g/mol. The van der Waals surface area contributed by atoms with Crippen LogP contribution in [0.15, 0.2) is 54.1 Å². The molecule has 0 unspecified atom stereocenters. The van der Waals surface area contributed by atoms with E-state index in [0.717, 1.165) is 20.4 Å². The standard InChI is InChI=1S/C17H15IO3/c1-12(17(19)20)9-14-7-8-15(18)16(10-14)21-11-13-5-3-2-4-6-13/h2-10H,11H2,1H3,(H,19,20). The topological polar surface area (TPSA) is 46.5 Å². The Balaban J connectivity index is 2.16. The minimum Gasteiger partial charge on any atom is -0.488 e. The van der Waals surface area contributed by atoms with Gasteiger partial charge in [-0.1, -0.05) is 36.4 Å². The van der Waals surface area contributed by atoms with E-state index < -0.39 is 5.97 Å². The number of hydrogen-bond donors (Lipinski definition) is 1. The molecule has 0 aliphatic rings. The molecular formula is C17H15IO3. The molecule has 2 rings (SSSR count). The quantitative estimate of drug-likeness (QED) is 0.606. The molecule has 0 fully saturated rings. The van der Waals surface area contributed by atoms with Crippen molar-refractivity contribution in [2.45, 2.75) is 13.5 Å². The minimum atomic E-state index is -0.916. The Morgan fingerprint density at radius 2 is 1.95 bits per heavy atom. The Bertz CT molecular complexity index is 663. The lowest BCUT2D eigenvalue weighted by Gasteiger charge is -2.09. The van der Waals surface area contributed by atoms with Gasteiger partial charge in [0.15, 0.2) is 0 Å². The van der Waals surface area contributed by atoms with E-state index in [1.165, 1.54) is 0 Å². The number of aliphatic carboxylic acids is 1. The normalized spacial score (nSPS) is 11.2. The van der Waals surface area contributed by atoms with Crippen LogP contribution in [0.25, 0.3) is 6.08 Å². The number of carbonyl (C=O) groups is 1. The van der Waals surface area contributed by atoms with Crippen molar-refractivity contribution in [3.63, 3.8) is 0 Å². The van der Waals surface area contributed by atoms with Gasteiger partial charge in [0.25, 0.3) is 0 Å². The Labute approximate surface area is 137 Å². The van der Waals surface area contributed by atoms with Crippen molar-refractivity contribution in [3.05, 3.63) is 68.8 Å². The molecule has 2 aromatic carbocycles. The average molecular weight is 394 g/mol. The van der Waals surface area contributed by atoms with Gasteiger partial charge in [0, 0.05) is 5.57 Å². The lowest BCUT2D eigenvalue weighted by atomic mass is 10.1. The van der Waals surface area contributed by atoms with Crippen molar-refractivity contribution in [3.8, 4) is 5.75 Å². The fraction of sp³-hybridized carbons (Fsp3) is 0.118. The van der Waals surface area contributed by atoms with Crippen LogP contribution in [0.5, 0.6) is 5.75 Å². The highest BCUT2D eigenvalue weighted by Crippen LogP contribution is 2.24. The molecule has 0 spiro atoms. The molecule has 0 heterocycles. The molecule has 0 saturated carbocycles. The monoisotopic (exact) mass is 394 g/mol. The van der Waals surface area contributed by atoms with Gasteiger partial charge in [0.2, 0.25) is 0 Å². The molecule has 0 aliphatic heterocycles. The summed E-state index contributed by atoms with van der Waals surface area (Å²) in [6, 6.07) is 15.6. The Morgan fingerprint density at radius 3 is 2.62 bits per heavy atom. The first-order valence-electron chi connectivity index (χ1n) is 6.44. The second-order valence-electron chi connectivity index (χ2n) is 4.60. The van der Waals surface area contributed by atoms with Crippen molar-refractivity contribution in [2.24, 2.45) is 0 Å².